The Kier molecular flexibility index (Phi) is 4.62. The molecule has 1 aromatic heterocycles. The van der Waals surface area contributed by atoms with Crippen molar-refractivity contribution in [3.8, 4) is 5.75 Å². The molecule has 0 aliphatic carbocycles. The van der Waals surface area contributed by atoms with Crippen LogP contribution in [0.2, 0.25) is 0 Å². The Morgan fingerprint density at radius 2 is 2.31 bits per heavy atom. The second kappa shape index (κ2) is 5.55. The molecule has 1 N–H and O–H groups in total. The van der Waals surface area contributed by atoms with Crippen LogP contribution in [0, 0.1) is 0 Å². The maximum atomic E-state index is 11.9. The highest BCUT2D eigenvalue weighted by molar-refractivity contribution is 7.12. The molecule has 0 fully saturated rings. The van der Waals surface area contributed by atoms with Gasteiger partial charge < -0.3 is 10.1 Å². The molecule has 0 unspecified atom stereocenters. The van der Waals surface area contributed by atoms with Crippen molar-refractivity contribution in [2.45, 2.75) is 25.8 Å². The summed E-state index contributed by atoms with van der Waals surface area (Å²) < 4.78 is 5.03. The van der Waals surface area contributed by atoms with Gasteiger partial charge in [-0.3, -0.25) is 4.79 Å². The van der Waals surface area contributed by atoms with Gasteiger partial charge in [0.1, 0.15) is 5.75 Å². The molecule has 5 heteroatoms. The van der Waals surface area contributed by atoms with E-state index >= 15 is 0 Å². The number of rotatable bonds is 5. The number of amides is 1. The van der Waals surface area contributed by atoms with E-state index in [1.807, 2.05) is 19.2 Å². The molecule has 0 saturated heterocycles. The van der Waals surface area contributed by atoms with Crippen LogP contribution in [0.25, 0.3) is 0 Å². The Hall–Kier alpha value is -0.740. The lowest BCUT2D eigenvalue weighted by molar-refractivity contribution is 0.0915. The van der Waals surface area contributed by atoms with E-state index in [-0.39, 0.29) is 11.4 Å². The third kappa shape index (κ3) is 3.68. The van der Waals surface area contributed by atoms with E-state index in [4.69, 9.17) is 16.3 Å². The van der Waals surface area contributed by atoms with Crippen LogP contribution in [0.15, 0.2) is 11.4 Å². The zero-order valence-corrected chi connectivity index (χ0v) is 11.2. The van der Waals surface area contributed by atoms with E-state index in [2.05, 4.69) is 5.32 Å². The Balaban J connectivity index is 2.65. The molecule has 1 amide bonds. The molecule has 0 bridgehead atoms. The van der Waals surface area contributed by atoms with Gasteiger partial charge in [0.25, 0.3) is 5.91 Å². The molecule has 0 aromatic carbocycles. The summed E-state index contributed by atoms with van der Waals surface area (Å²) in [6, 6.07) is 1.73. The first-order chi connectivity index (χ1) is 7.48. The minimum absolute atomic E-state index is 0.0802. The average molecular weight is 262 g/mol. The summed E-state index contributed by atoms with van der Waals surface area (Å²) in [7, 11) is 1.58. The van der Waals surface area contributed by atoms with E-state index in [9.17, 15) is 4.79 Å². The van der Waals surface area contributed by atoms with Gasteiger partial charge in [0.05, 0.1) is 12.0 Å². The molecule has 0 aliphatic heterocycles. The summed E-state index contributed by atoms with van der Waals surface area (Å²) in [5.74, 6) is 1.16. The van der Waals surface area contributed by atoms with Crippen molar-refractivity contribution < 1.29 is 9.53 Å². The number of carbonyl (C=O) groups excluding carboxylic acids is 1. The smallest absolute Gasteiger partial charge is 0.261 e. The molecule has 0 aliphatic rings. The second-order valence-electron chi connectivity index (χ2n) is 4.13. The van der Waals surface area contributed by atoms with Gasteiger partial charge in [0, 0.05) is 22.9 Å². The van der Waals surface area contributed by atoms with Gasteiger partial charge >= 0.3 is 0 Å². The highest BCUT2D eigenvalue weighted by Gasteiger charge is 2.21. The summed E-state index contributed by atoms with van der Waals surface area (Å²) in [6.45, 7) is 3.91. The molecule has 1 rings (SSSR count). The fourth-order valence-electron chi connectivity index (χ4n) is 1.21. The maximum Gasteiger partial charge on any atom is 0.261 e. The number of hydrogen-bond acceptors (Lipinski definition) is 3. The molecule has 1 heterocycles. The molecule has 90 valence electrons. The zero-order valence-electron chi connectivity index (χ0n) is 9.67. The van der Waals surface area contributed by atoms with Crippen molar-refractivity contribution >= 4 is 28.8 Å². The summed E-state index contributed by atoms with van der Waals surface area (Å²) in [4.78, 5) is 12.5. The van der Waals surface area contributed by atoms with Crippen LogP contribution in [-0.4, -0.2) is 24.4 Å². The molecular formula is C11H16ClNO2S. The van der Waals surface area contributed by atoms with E-state index in [1.165, 1.54) is 11.3 Å². The molecule has 1 aromatic rings. The minimum Gasteiger partial charge on any atom is -0.496 e. The number of hydrogen-bond donors (Lipinski definition) is 1. The number of thiophene rings is 1. The highest BCUT2D eigenvalue weighted by atomic mass is 35.5. The van der Waals surface area contributed by atoms with Gasteiger partial charge in [0.15, 0.2) is 0 Å². The summed E-state index contributed by atoms with van der Waals surface area (Å²) >= 11 is 7.04. The lowest BCUT2D eigenvalue weighted by atomic mass is 10.0. The largest absolute Gasteiger partial charge is 0.496 e. The quantitative estimate of drug-likeness (QED) is 0.828. The van der Waals surface area contributed by atoms with Crippen LogP contribution in [0.1, 0.15) is 29.9 Å². The monoisotopic (exact) mass is 261 g/mol. The number of alkyl halides is 1. The van der Waals surface area contributed by atoms with Crippen molar-refractivity contribution in [3.63, 3.8) is 0 Å². The van der Waals surface area contributed by atoms with E-state index < -0.39 is 0 Å². The highest BCUT2D eigenvalue weighted by Crippen LogP contribution is 2.22. The first-order valence-corrected chi connectivity index (χ1v) is 6.41. The first-order valence-electron chi connectivity index (χ1n) is 4.99. The number of halogens is 1. The number of nitrogens with one attached hydrogen (secondary N) is 1. The van der Waals surface area contributed by atoms with Crippen LogP contribution < -0.4 is 10.1 Å². The first kappa shape index (κ1) is 13.3. The standard InChI is InChI=1S/C11H16ClNO2S/c1-11(2,4-5-12)13-10(14)9-6-8(15-3)7-16-9/h6-7H,4-5H2,1-3H3,(H,13,14). The van der Waals surface area contributed by atoms with Crippen molar-refractivity contribution in [1.29, 1.82) is 0 Å². The third-order valence-corrected chi connectivity index (χ3v) is 3.30. The Labute approximate surface area is 105 Å². The van der Waals surface area contributed by atoms with Crippen molar-refractivity contribution in [2.75, 3.05) is 13.0 Å². The molecule has 0 radical (unpaired) electrons. The normalized spacial score (nSPS) is 11.2. The molecule has 0 saturated carbocycles. The van der Waals surface area contributed by atoms with Crippen LogP contribution in [0.5, 0.6) is 5.75 Å². The zero-order chi connectivity index (χ0) is 12.2. The minimum atomic E-state index is -0.282. The van der Waals surface area contributed by atoms with Crippen LogP contribution in [0.3, 0.4) is 0 Å². The lowest BCUT2D eigenvalue weighted by Crippen LogP contribution is -2.43. The fourth-order valence-corrected chi connectivity index (χ4v) is 2.43. The van der Waals surface area contributed by atoms with E-state index in [0.717, 1.165) is 6.42 Å². The van der Waals surface area contributed by atoms with Crippen LogP contribution in [0.4, 0.5) is 0 Å². The molecular weight excluding hydrogens is 246 g/mol. The van der Waals surface area contributed by atoms with Crippen molar-refractivity contribution in [2.24, 2.45) is 0 Å². The SMILES string of the molecule is COc1csc(C(=O)NC(C)(C)CCCl)c1. The third-order valence-electron chi connectivity index (χ3n) is 2.21. The summed E-state index contributed by atoms with van der Waals surface area (Å²) in [5.41, 5.74) is -0.282. The summed E-state index contributed by atoms with van der Waals surface area (Å²) in [6.07, 6.45) is 0.739. The van der Waals surface area contributed by atoms with Gasteiger partial charge in [-0.25, -0.2) is 0 Å². The Morgan fingerprint density at radius 1 is 1.62 bits per heavy atom. The van der Waals surface area contributed by atoms with Gasteiger partial charge in [-0.1, -0.05) is 0 Å². The average Bonchev–Trinajstić information content (AvgIpc) is 2.64. The molecule has 0 spiro atoms. The number of methoxy groups -OCH3 is 1. The van der Waals surface area contributed by atoms with E-state index in [0.29, 0.717) is 16.5 Å². The number of ether oxygens (including phenoxy) is 1. The van der Waals surface area contributed by atoms with Gasteiger partial charge in [0.2, 0.25) is 0 Å². The van der Waals surface area contributed by atoms with Crippen molar-refractivity contribution in [3.05, 3.63) is 16.3 Å². The second-order valence-corrected chi connectivity index (χ2v) is 5.42. The lowest BCUT2D eigenvalue weighted by Gasteiger charge is -2.24. The predicted octanol–water partition coefficient (Wildman–Crippen LogP) is 2.89. The summed E-state index contributed by atoms with van der Waals surface area (Å²) in [5, 5.41) is 4.75. The van der Waals surface area contributed by atoms with Gasteiger partial charge in [-0.15, -0.1) is 22.9 Å². The van der Waals surface area contributed by atoms with Crippen molar-refractivity contribution in [1.82, 2.24) is 5.32 Å². The Bertz CT molecular complexity index is 363. The fraction of sp³-hybridized carbons (Fsp3) is 0.545. The van der Waals surface area contributed by atoms with Crippen LogP contribution in [-0.2, 0) is 0 Å². The Morgan fingerprint density at radius 3 is 2.81 bits per heavy atom. The topological polar surface area (TPSA) is 38.3 Å². The maximum absolute atomic E-state index is 11.9. The van der Waals surface area contributed by atoms with Gasteiger partial charge in [-0.05, 0) is 20.3 Å². The molecule has 3 nitrogen and oxygen atoms in total. The molecule has 0 atom stereocenters. The molecule has 16 heavy (non-hydrogen) atoms. The van der Waals surface area contributed by atoms with Crippen LogP contribution >= 0.6 is 22.9 Å². The number of carbonyl (C=O) groups is 1. The van der Waals surface area contributed by atoms with Gasteiger partial charge in [-0.2, -0.15) is 0 Å². The predicted molar refractivity (Wildman–Crippen MR) is 67.8 cm³/mol. The van der Waals surface area contributed by atoms with E-state index in [1.54, 1.807) is 13.2 Å².